The molecule has 1 amide bonds. The molecule has 0 saturated heterocycles. The molecule has 2 unspecified atom stereocenters. The second-order valence-electron chi connectivity index (χ2n) is 6.18. The van der Waals surface area contributed by atoms with E-state index < -0.39 is 62.3 Å². The predicted molar refractivity (Wildman–Crippen MR) is 89.3 cm³/mol. The Bertz CT molecular complexity index is 662. The molecule has 0 aliphatic rings. The fourth-order valence-electron chi connectivity index (χ4n) is 2.80. The van der Waals surface area contributed by atoms with Crippen LogP contribution in [-0.2, 0) is 9.74 Å². The van der Waals surface area contributed by atoms with Crippen LogP contribution in [0.3, 0.4) is 0 Å². The number of benzene rings is 1. The van der Waals surface area contributed by atoms with Crippen molar-refractivity contribution in [3.05, 3.63) is 43.0 Å². The normalized spacial score (nSPS) is 15.4. The van der Waals surface area contributed by atoms with Gasteiger partial charge in [0.2, 0.25) is 11.6 Å². The molecular formula is C18H19F8NO2. The summed E-state index contributed by atoms with van der Waals surface area (Å²) >= 11 is 0. The van der Waals surface area contributed by atoms with Crippen molar-refractivity contribution < 1.29 is 45.0 Å². The van der Waals surface area contributed by atoms with Crippen LogP contribution in [0.25, 0.3) is 0 Å². The molecule has 0 spiro atoms. The summed E-state index contributed by atoms with van der Waals surface area (Å²) in [6.45, 7) is 1.98. The van der Waals surface area contributed by atoms with E-state index in [2.05, 4.69) is 11.5 Å². The van der Waals surface area contributed by atoms with Gasteiger partial charge in [0.15, 0.2) is 5.92 Å². The molecule has 2 atom stereocenters. The number of nitrogens with zero attached hydrogens (tertiary/aromatic N) is 1. The maximum Gasteiger partial charge on any atom is 0.423 e. The number of para-hydroxylation sites is 1. The molecule has 0 radical (unpaired) electrons. The number of alkyl halides is 7. The van der Waals surface area contributed by atoms with Crippen LogP contribution in [0.4, 0.5) is 40.9 Å². The fraction of sp³-hybridized carbons (Fsp3) is 0.500. The van der Waals surface area contributed by atoms with Crippen molar-refractivity contribution in [1.29, 1.82) is 0 Å². The lowest BCUT2D eigenvalue weighted by atomic mass is 9.82. The molecule has 0 heterocycles. The summed E-state index contributed by atoms with van der Waals surface area (Å²) in [5.41, 5.74) is -5.06. The van der Waals surface area contributed by atoms with Gasteiger partial charge in [-0.05, 0) is 35.9 Å². The number of anilines is 1. The first-order valence-electron chi connectivity index (χ1n) is 8.43. The van der Waals surface area contributed by atoms with Gasteiger partial charge in [-0.25, -0.2) is 4.39 Å². The van der Waals surface area contributed by atoms with Crippen molar-refractivity contribution in [2.24, 2.45) is 5.92 Å². The lowest BCUT2D eigenvalue weighted by Crippen LogP contribution is -2.59. The van der Waals surface area contributed by atoms with Crippen LogP contribution in [0.1, 0.15) is 19.3 Å². The predicted octanol–water partition coefficient (Wildman–Crippen LogP) is 5.73. The molecular weight excluding hydrogens is 414 g/mol. The Balaban J connectivity index is 3.42. The second-order valence-corrected chi connectivity index (χ2v) is 6.18. The van der Waals surface area contributed by atoms with Gasteiger partial charge in [0.05, 0.1) is 6.61 Å². The lowest BCUT2D eigenvalue weighted by molar-refractivity contribution is -0.295. The van der Waals surface area contributed by atoms with E-state index in [1.54, 1.807) is 0 Å². The van der Waals surface area contributed by atoms with E-state index in [1.165, 1.54) is 30.3 Å². The average Bonchev–Trinajstić information content (AvgIpc) is 2.62. The molecule has 3 nitrogen and oxygen atoms in total. The Hall–Kier alpha value is -2.17. The summed E-state index contributed by atoms with van der Waals surface area (Å²) in [6, 6.07) is 6.57. The first-order chi connectivity index (χ1) is 13.4. The molecule has 29 heavy (non-hydrogen) atoms. The van der Waals surface area contributed by atoms with Crippen LogP contribution in [0, 0.1) is 5.92 Å². The van der Waals surface area contributed by atoms with Gasteiger partial charge in [0.25, 0.3) is 0 Å². The standard InChI is InChI=1S/C18H19F8NO2/c1-2-11-27(13-8-4-3-5-9-13)15(28)14(17(20,21)22)16(19,18(23,24)25)10-6-7-12-29-26/h2-5,8-9,14H,1,6-7,10-12H2. The molecule has 1 aromatic carbocycles. The zero-order chi connectivity index (χ0) is 22.3. The molecule has 1 rings (SSSR count). The van der Waals surface area contributed by atoms with E-state index >= 15 is 4.39 Å². The SMILES string of the molecule is C=CCN(C(=O)C(C(F)(F)F)C(F)(CCCCOF)C(F)(F)F)c1ccccc1. The quantitative estimate of drug-likeness (QED) is 0.268. The highest BCUT2D eigenvalue weighted by atomic mass is 19.4. The third-order valence-corrected chi connectivity index (χ3v) is 4.16. The van der Waals surface area contributed by atoms with Gasteiger partial charge in [-0.1, -0.05) is 24.3 Å². The molecule has 0 saturated carbocycles. The van der Waals surface area contributed by atoms with Crippen molar-refractivity contribution in [3.63, 3.8) is 0 Å². The van der Waals surface area contributed by atoms with Gasteiger partial charge >= 0.3 is 12.4 Å². The first kappa shape index (κ1) is 24.9. The lowest BCUT2D eigenvalue weighted by Gasteiger charge is -2.38. The number of unbranched alkanes of at least 4 members (excludes halogenated alkanes) is 1. The van der Waals surface area contributed by atoms with Crippen LogP contribution in [0.5, 0.6) is 0 Å². The molecule has 164 valence electrons. The molecule has 0 aromatic heterocycles. The highest BCUT2D eigenvalue weighted by Gasteiger charge is 2.70. The minimum Gasteiger partial charge on any atom is -0.308 e. The van der Waals surface area contributed by atoms with Crippen molar-refractivity contribution in [2.75, 3.05) is 18.1 Å². The van der Waals surface area contributed by atoms with E-state index in [4.69, 9.17) is 0 Å². The number of carbonyl (C=O) groups is 1. The molecule has 0 fully saturated rings. The van der Waals surface area contributed by atoms with Crippen molar-refractivity contribution in [3.8, 4) is 0 Å². The number of rotatable bonds is 10. The summed E-state index contributed by atoms with van der Waals surface area (Å²) in [5, 5.41) is 0. The summed E-state index contributed by atoms with van der Waals surface area (Å²) < 4.78 is 108. The van der Waals surface area contributed by atoms with Crippen LogP contribution in [0.15, 0.2) is 43.0 Å². The van der Waals surface area contributed by atoms with Gasteiger partial charge in [-0.3, -0.25) is 4.79 Å². The third-order valence-electron chi connectivity index (χ3n) is 4.16. The largest absolute Gasteiger partial charge is 0.423 e. The van der Waals surface area contributed by atoms with E-state index in [0.29, 0.717) is 4.90 Å². The molecule has 1 aromatic rings. The summed E-state index contributed by atoms with van der Waals surface area (Å²) in [5.74, 6) is -6.12. The molecule has 0 aliphatic carbocycles. The summed E-state index contributed by atoms with van der Waals surface area (Å²) in [7, 11) is 0. The second kappa shape index (κ2) is 10.0. The Morgan fingerprint density at radius 2 is 1.66 bits per heavy atom. The Labute approximate surface area is 161 Å². The van der Waals surface area contributed by atoms with Gasteiger partial charge in [0, 0.05) is 12.2 Å². The molecule has 11 heteroatoms. The third kappa shape index (κ3) is 6.15. The first-order valence-corrected chi connectivity index (χ1v) is 8.43. The molecule has 0 aliphatic heterocycles. The van der Waals surface area contributed by atoms with E-state index in [-0.39, 0.29) is 5.69 Å². The van der Waals surface area contributed by atoms with Crippen LogP contribution in [0.2, 0.25) is 0 Å². The van der Waals surface area contributed by atoms with Crippen LogP contribution >= 0.6 is 0 Å². The van der Waals surface area contributed by atoms with Crippen molar-refractivity contribution in [2.45, 2.75) is 37.3 Å². The molecule has 0 N–H and O–H groups in total. The highest BCUT2D eigenvalue weighted by Crippen LogP contribution is 2.50. The molecule has 0 bridgehead atoms. The van der Waals surface area contributed by atoms with Gasteiger partial charge < -0.3 is 4.90 Å². The zero-order valence-electron chi connectivity index (χ0n) is 15.1. The maximum atomic E-state index is 15.0. The van der Waals surface area contributed by atoms with Gasteiger partial charge in [-0.2, -0.15) is 31.3 Å². The number of halogens is 8. The van der Waals surface area contributed by atoms with Gasteiger partial charge in [0.1, 0.15) is 0 Å². The summed E-state index contributed by atoms with van der Waals surface area (Å²) in [6.07, 6.45) is -13.8. The fourth-order valence-corrected chi connectivity index (χ4v) is 2.80. The highest BCUT2D eigenvalue weighted by molar-refractivity contribution is 5.96. The minimum absolute atomic E-state index is 0.151. The van der Waals surface area contributed by atoms with E-state index in [0.717, 1.165) is 6.08 Å². The number of amides is 1. The Morgan fingerprint density at radius 3 is 2.10 bits per heavy atom. The zero-order valence-corrected chi connectivity index (χ0v) is 15.1. The minimum atomic E-state index is -6.00. The summed E-state index contributed by atoms with van der Waals surface area (Å²) in [4.78, 5) is 16.1. The van der Waals surface area contributed by atoms with Crippen molar-refractivity contribution >= 4 is 11.6 Å². The monoisotopic (exact) mass is 433 g/mol. The Morgan fingerprint density at radius 1 is 1.07 bits per heavy atom. The Kier molecular flexibility index (Phi) is 8.61. The number of carbonyl (C=O) groups excluding carboxylic acids is 1. The number of hydrogen-bond acceptors (Lipinski definition) is 2. The van der Waals surface area contributed by atoms with E-state index in [1.807, 2.05) is 0 Å². The van der Waals surface area contributed by atoms with E-state index in [9.17, 15) is 35.7 Å². The average molecular weight is 433 g/mol. The van der Waals surface area contributed by atoms with Crippen molar-refractivity contribution in [1.82, 2.24) is 0 Å². The smallest absolute Gasteiger partial charge is 0.308 e. The van der Waals surface area contributed by atoms with Crippen LogP contribution in [-0.4, -0.2) is 37.1 Å². The maximum absolute atomic E-state index is 15.0. The topological polar surface area (TPSA) is 29.5 Å². The van der Waals surface area contributed by atoms with Crippen LogP contribution < -0.4 is 4.90 Å². The van der Waals surface area contributed by atoms with Gasteiger partial charge in [-0.15, -0.1) is 6.58 Å². The number of hydrogen-bond donors (Lipinski definition) is 0.